The van der Waals surface area contributed by atoms with Gasteiger partial charge < -0.3 is 4.74 Å². The fourth-order valence-corrected chi connectivity index (χ4v) is 4.27. The molecule has 0 aliphatic heterocycles. The van der Waals surface area contributed by atoms with Gasteiger partial charge in [0.25, 0.3) is 0 Å². The number of hydrogen-bond donors (Lipinski definition) is 0. The maximum atomic E-state index is 12.1. The molecule has 0 heterocycles. The van der Waals surface area contributed by atoms with E-state index in [0.29, 0.717) is 18.4 Å². The number of allylic oxidation sites excluding steroid dienone is 2. The van der Waals surface area contributed by atoms with Crippen LogP contribution in [0.5, 0.6) is 0 Å². The molecule has 0 amide bonds. The molecule has 2 fully saturated rings. The van der Waals surface area contributed by atoms with Crippen LogP contribution in [0.3, 0.4) is 0 Å². The number of hydrogen-bond acceptors (Lipinski definition) is 2. The van der Waals surface area contributed by atoms with E-state index in [-0.39, 0.29) is 0 Å². The van der Waals surface area contributed by atoms with E-state index in [0.717, 1.165) is 24.7 Å². The molecule has 24 heavy (non-hydrogen) atoms. The van der Waals surface area contributed by atoms with Gasteiger partial charge in [-0.1, -0.05) is 38.3 Å². The van der Waals surface area contributed by atoms with Crippen molar-refractivity contribution in [3.05, 3.63) is 12.2 Å². The zero-order valence-electron chi connectivity index (χ0n) is 15.4. The molecule has 0 aromatic carbocycles. The Hall–Kier alpha value is -0.860. The van der Waals surface area contributed by atoms with E-state index in [4.69, 9.17) is 4.74 Å². The quantitative estimate of drug-likeness (QED) is 0.409. The summed E-state index contributed by atoms with van der Waals surface area (Å²) in [5, 5.41) is 0. The van der Waals surface area contributed by atoms with E-state index in [2.05, 4.69) is 19.1 Å². The molecule has 2 aliphatic carbocycles. The molecule has 0 aromatic heterocycles. The van der Waals surface area contributed by atoms with Gasteiger partial charge in [-0.15, -0.1) is 0 Å². The van der Waals surface area contributed by atoms with Gasteiger partial charge in [-0.05, 0) is 75.0 Å². The molecule has 138 valence electrons. The van der Waals surface area contributed by atoms with Gasteiger partial charge in [0.05, 0.1) is 6.61 Å². The fraction of sp³-hybridized carbons (Fsp3) is 0.857. The molecular weight excluding hydrogens is 303 g/mol. The summed E-state index contributed by atoms with van der Waals surface area (Å²) in [6, 6.07) is 0. The average molecular weight is 339 g/mol. The molecule has 2 saturated carbocycles. The first-order valence-corrected chi connectivity index (χ1v) is 10.1. The number of halogens is 1. The minimum atomic E-state index is -1.00. The summed E-state index contributed by atoms with van der Waals surface area (Å²) in [5.41, 5.74) is 0. The standard InChI is InChI=1S/C21H35FO2/c1-2-3-4-17-5-7-18(8-6-17)9-10-19-11-13-20(14-12-19)16-24-21(23)15-22/h9-10,17-20H,2-8,11-16H2,1H3/b10-9+. The van der Waals surface area contributed by atoms with Crippen LogP contribution in [-0.2, 0) is 9.53 Å². The minimum absolute atomic E-state index is 0.404. The van der Waals surface area contributed by atoms with Crippen LogP contribution in [0.15, 0.2) is 12.2 Å². The van der Waals surface area contributed by atoms with Crippen molar-refractivity contribution in [2.24, 2.45) is 23.7 Å². The van der Waals surface area contributed by atoms with E-state index in [1.807, 2.05) is 0 Å². The molecule has 0 radical (unpaired) electrons. The first kappa shape index (κ1) is 19.5. The van der Waals surface area contributed by atoms with Gasteiger partial charge in [-0.2, -0.15) is 0 Å². The van der Waals surface area contributed by atoms with Crippen molar-refractivity contribution in [1.82, 2.24) is 0 Å². The third-order valence-corrected chi connectivity index (χ3v) is 5.99. The summed E-state index contributed by atoms with van der Waals surface area (Å²) >= 11 is 0. The van der Waals surface area contributed by atoms with E-state index in [1.165, 1.54) is 57.8 Å². The molecule has 2 aliphatic rings. The highest BCUT2D eigenvalue weighted by Gasteiger charge is 2.22. The van der Waals surface area contributed by atoms with E-state index < -0.39 is 12.6 Å². The highest BCUT2D eigenvalue weighted by atomic mass is 19.1. The number of unbranched alkanes of at least 4 members (excludes halogenated alkanes) is 1. The molecule has 3 heteroatoms. The summed E-state index contributed by atoms with van der Waals surface area (Å²) in [6.07, 6.45) is 19.2. The van der Waals surface area contributed by atoms with Crippen LogP contribution in [0.1, 0.15) is 77.6 Å². The zero-order valence-corrected chi connectivity index (χ0v) is 15.4. The molecule has 0 bridgehead atoms. The predicted molar refractivity (Wildman–Crippen MR) is 96.5 cm³/mol. The predicted octanol–water partition coefficient (Wildman–Crippen LogP) is 5.86. The van der Waals surface area contributed by atoms with Crippen LogP contribution in [0.2, 0.25) is 0 Å². The second-order valence-corrected chi connectivity index (χ2v) is 7.91. The number of esters is 1. The Bertz CT molecular complexity index is 377. The van der Waals surface area contributed by atoms with Gasteiger partial charge in [-0.25, -0.2) is 9.18 Å². The van der Waals surface area contributed by atoms with Crippen LogP contribution in [0, 0.1) is 23.7 Å². The van der Waals surface area contributed by atoms with Crippen molar-refractivity contribution >= 4 is 5.97 Å². The molecule has 0 aromatic rings. The van der Waals surface area contributed by atoms with Gasteiger partial charge in [0.2, 0.25) is 0 Å². The van der Waals surface area contributed by atoms with Crippen LogP contribution in [0.4, 0.5) is 4.39 Å². The second kappa shape index (κ2) is 10.9. The Morgan fingerprint density at radius 2 is 1.50 bits per heavy atom. The largest absolute Gasteiger partial charge is 0.463 e. The van der Waals surface area contributed by atoms with Gasteiger partial charge >= 0.3 is 5.97 Å². The topological polar surface area (TPSA) is 26.3 Å². The van der Waals surface area contributed by atoms with E-state index in [1.54, 1.807) is 0 Å². The highest BCUT2D eigenvalue weighted by Crippen LogP contribution is 2.34. The van der Waals surface area contributed by atoms with Crippen LogP contribution in [0.25, 0.3) is 0 Å². The van der Waals surface area contributed by atoms with Gasteiger partial charge in [0.15, 0.2) is 6.67 Å². The number of alkyl halides is 1. The Labute approximate surface area is 147 Å². The summed E-state index contributed by atoms with van der Waals surface area (Å²) in [7, 11) is 0. The van der Waals surface area contributed by atoms with Crippen LogP contribution < -0.4 is 0 Å². The van der Waals surface area contributed by atoms with E-state index >= 15 is 0 Å². The monoisotopic (exact) mass is 338 g/mol. The Morgan fingerprint density at radius 1 is 0.958 bits per heavy atom. The SMILES string of the molecule is CCCCC1CCC(/C=C/C2CCC(COC(=O)CF)CC2)CC1. The molecular formula is C21H35FO2. The first-order valence-electron chi connectivity index (χ1n) is 10.1. The van der Waals surface area contributed by atoms with E-state index in [9.17, 15) is 9.18 Å². The summed E-state index contributed by atoms with van der Waals surface area (Å²) in [5.74, 6) is 2.19. The lowest BCUT2D eigenvalue weighted by atomic mass is 9.78. The third kappa shape index (κ3) is 6.94. The Kier molecular flexibility index (Phi) is 8.83. The molecule has 0 N–H and O–H groups in total. The van der Waals surface area contributed by atoms with Crippen LogP contribution in [-0.4, -0.2) is 19.3 Å². The molecule has 0 spiro atoms. The second-order valence-electron chi connectivity index (χ2n) is 7.91. The maximum absolute atomic E-state index is 12.1. The molecule has 2 nitrogen and oxygen atoms in total. The molecule has 0 atom stereocenters. The molecule has 2 rings (SSSR count). The Morgan fingerprint density at radius 3 is 2.00 bits per heavy atom. The number of carbonyl (C=O) groups is 1. The van der Waals surface area contributed by atoms with Crippen molar-refractivity contribution in [3.8, 4) is 0 Å². The van der Waals surface area contributed by atoms with Crippen LogP contribution >= 0.6 is 0 Å². The minimum Gasteiger partial charge on any atom is -0.463 e. The van der Waals surface area contributed by atoms with Crippen molar-refractivity contribution in [2.45, 2.75) is 77.6 Å². The average Bonchev–Trinajstić information content (AvgIpc) is 2.64. The third-order valence-electron chi connectivity index (χ3n) is 5.99. The lowest BCUT2D eigenvalue weighted by Gasteiger charge is -2.28. The van der Waals surface area contributed by atoms with Gasteiger partial charge in [0.1, 0.15) is 0 Å². The maximum Gasteiger partial charge on any atom is 0.337 e. The number of ether oxygens (including phenoxy) is 1. The lowest BCUT2D eigenvalue weighted by Crippen LogP contribution is -2.20. The summed E-state index contributed by atoms with van der Waals surface area (Å²) in [6.45, 7) is 1.69. The lowest BCUT2D eigenvalue weighted by molar-refractivity contribution is -0.146. The van der Waals surface area contributed by atoms with Crippen molar-refractivity contribution in [1.29, 1.82) is 0 Å². The Balaban J connectivity index is 1.60. The number of carbonyl (C=O) groups excluding carboxylic acids is 1. The highest BCUT2D eigenvalue weighted by molar-refractivity contribution is 5.70. The van der Waals surface area contributed by atoms with Crippen molar-refractivity contribution in [3.63, 3.8) is 0 Å². The normalized spacial score (nSPS) is 31.2. The first-order chi connectivity index (χ1) is 11.7. The van der Waals surface area contributed by atoms with Crippen molar-refractivity contribution < 1.29 is 13.9 Å². The smallest absolute Gasteiger partial charge is 0.337 e. The zero-order chi connectivity index (χ0) is 17.2. The number of rotatable bonds is 8. The molecule has 0 saturated heterocycles. The summed E-state index contributed by atoms with van der Waals surface area (Å²) < 4.78 is 17.0. The van der Waals surface area contributed by atoms with Crippen molar-refractivity contribution in [2.75, 3.05) is 13.3 Å². The summed E-state index contributed by atoms with van der Waals surface area (Å²) in [4.78, 5) is 10.9. The fourth-order valence-electron chi connectivity index (χ4n) is 4.27. The molecule has 0 unspecified atom stereocenters. The van der Waals surface area contributed by atoms with Gasteiger partial charge in [0, 0.05) is 0 Å². The van der Waals surface area contributed by atoms with Gasteiger partial charge in [-0.3, -0.25) is 0 Å².